The molecule has 0 saturated heterocycles. The van der Waals surface area contributed by atoms with Gasteiger partial charge in [-0.15, -0.1) is 0 Å². The molecule has 98 valence electrons. The summed E-state index contributed by atoms with van der Waals surface area (Å²) in [5.74, 6) is 1.98. The third-order valence-electron chi connectivity index (χ3n) is 1.59. The summed E-state index contributed by atoms with van der Waals surface area (Å²) in [5, 5.41) is 0. The third-order valence-corrected chi connectivity index (χ3v) is 1.59. The molecule has 0 radical (unpaired) electrons. The zero-order valence-corrected chi connectivity index (χ0v) is 11.8. The van der Waals surface area contributed by atoms with Gasteiger partial charge in [-0.05, 0) is 12.1 Å². The fourth-order valence-corrected chi connectivity index (χ4v) is 1.02. The number of halogens is 2. The number of rotatable bonds is 3. The van der Waals surface area contributed by atoms with Crippen LogP contribution in [0.3, 0.4) is 0 Å². The Labute approximate surface area is 109 Å². The molecular formula is C9H12Cl2O5S. The number of hydrogen-bond acceptors (Lipinski definition) is 5. The van der Waals surface area contributed by atoms with Crippen molar-refractivity contribution in [3.8, 4) is 17.2 Å². The van der Waals surface area contributed by atoms with E-state index in [9.17, 15) is 0 Å². The number of para-hydroxylation sites is 1. The Morgan fingerprint density at radius 2 is 1.29 bits per heavy atom. The van der Waals surface area contributed by atoms with Crippen molar-refractivity contribution in [2.75, 3.05) is 21.3 Å². The number of benzene rings is 1. The van der Waals surface area contributed by atoms with E-state index in [0.717, 1.165) is 0 Å². The largest absolute Gasteiger partial charge is 0.493 e. The summed E-state index contributed by atoms with van der Waals surface area (Å²) in [5.41, 5.74) is 0. The van der Waals surface area contributed by atoms with Crippen LogP contribution in [0, 0.1) is 0 Å². The number of methoxy groups -OCH3 is 3. The molecule has 0 amide bonds. The topological polar surface area (TPSA) is 61.8 Å². The third kappa shape index (κ3) is 7.14. The summed E-state index contributed by atoms with van der Waals surface area (Å²) in [4.78, 5) is 0. The average Bonchev–Trinajstić information content (AvgIpc) is 2.25. The lowest BCUT2D eigenvalue weighted by molar-refractivity contribution is 0.324. The van der Waals surface area contributed by atoms with Gasteiger partial charge in [-0.25, -0.2) is 0 Å². The van der Waals surface area contributed by atoms with Crippen molar-refractivity contribution >= 4 is 29.6 Å². The standard InChI is InChI=1S/C9H12O3.Cl2O2S/c1-10-7-5-4-6-8(11-2)9(7)12-3;1-5(2,3)4/h4-6H,1-3H3;. The Hall–Kier alpha value is -0.850. The highest BCUT2D eigenvalue weighted by Gasteiger charge is 2.08. The minimum atomic E-state index is -3.72. The van der Waals surface area contributed by atoms with Gasteiger partial charge >= 0.3 is 8.26 Å². The fourth-order valence-electron chi connectivity index (χ4n) is 1.02. The van der Waals surface area contributed by atoms with Crippen LogP contribution in [0.1, 0.15) is 0 Å². The summed E-state index contributed by atoms with van der Waals surface area (Å²) >= 11 is 0. The lowest BCUT2D eigenvalue weighted by Gasteiger charge is -2.10. The summed E-state index contributed by atoms with van der Waals surface area (Å²) in [6, 6.07) is 5.49. The highest BCUT2D eigenvalue weighted by atomic mass is 36.0. The summed E-state index contributed by atoms with van der Waals surface area (Å²) < 4.78 is 33.6. The quantitative estimate of drug-likeness (QED) is 0.803. The van der Waals surface area contributed by atoms with E-state index in [-0.39, 0.29) is 0 Å². The van der Waals surface area contributed by atoms with E-state index in [1.165, 1.54) is 0 Å². The Balaban J connectivity index is 0.000000437. The minimum absolute atomic E-state index is 0.627. The first-order valence-corrected chi connectivity index (χ1v) is 7.36. The number of hydrogen-bond donors (Lipinski definition) is 0. The Kier molecular flexibility index (Phi) is 7.10. The molecule has 5 nitrogen and oxygen atoms in total. The average molecular weight is 303 g/mol. The zero-order valence-electron chi connectivity index (χ0n) is 9.44. The van der Waals surface area contributed by atoms with Gasteiger partial charge in [0.05, 0.1) is 21.3 Å². The first-order chi connectivity index (χ1) is 7.83. The van der Waals surface area contributed by atoms with Crippen molar-refractivity contribution in [3.63, 3.8) is 0 Å². The van der Waals surface area contributed by atoms with Crippen LogP contribution in [-0.4, -0.2) is 29.7 Å². The van der Waals surface area contributed by atoms with Gasteiger partial charge in [0.25, 0.3) is 0 Å². The molecule has 0 heterocycles. The summed E-state index contributed by atoms with van der Waals surface area (Å²) in [6.45, 7) is 0. The molecule has 0 aliphatic rings. The lowest BCUT2D eigenvalue weighted by atomic mass is 10.3. The SMILES string of the molecule is COc1cccc(OC)c1OC.O=S(=O)(Cl)Cl. The highest BCUT2D eigenvalue weighted by Crippen LogP contribution is 2.35. The van der Waals surface area contributed by atoms with Crippen LogP contribution in [-0.2, 0) is 8.26 Å². The van der Waals surface area contributed by atoms with Crippen LogP contribution >= 0.6 is 21.4 Å². The monoisotopic (exact) mass is 302 g/mol. The predicted octanol–water partition coefficient (Wildman–Crippen LogP) is 2.42. The second-order valence-electron chi connectivity index (χ2n) is 2.57. The number of ether oxygens (including phenoxy) is 3. The first-order valence-electron chi connectivity index (χ1n) is 4.22. The summed E-state index contributed by atoms with van der Waals surface area (Å²) in [6.07, 6.45) is 0. The van der Waals surface area contributed by atoms with E-state index in [4.69, 9.17) is 22.6 Å². The van der Waals surface area contributed by atoms with Gasteiger partial charge in [-0.1, -0.05) is 6.07 Å². The maximum atomic E-state index is 9.16. The van der Waals surface area contributed by atoms with Crippen LogP contribution in [0.25, 0.3) is 0 Å². The Morgan fingerprint density at radius 3 is 1.53 bits per heavy atom. The molecule has 8 heteroatoms. The van der Waals surface area contributed by atoms with Crippen molar-refractivity contribution in [3.05, 3.63) is 18.2 Å². The summed E-state index contributed by atoms with van der Waals surface area (Å²) in [7, 11) is 9.59. The van der Waals surface area contributed by atoms with Crippen LogP contribution in [0.2, 0.25) is 0 Å². The molecule has 0 bridgehead atoms. The van der Waals surface area contributed by atoms with Gasteiger partial charge < -0.3 is 14.2 Å². The van der Waals surface area contributed by atoms with Crippen LogP contribution in [0.5, 0.6) is 17.2 Å². The molecule has 0 atom stereocenters. The van der Waals surface area contributed by atoms with Crippen molar-refractivity contribution in [1.29, 1.82) is 0 Å². The van der Waals surface area contributed by atoms with Crippen LogP contribution < -0.4 is 14.2 Å². The molecular weight excluding hydrogens is 291 g/mol. The van der Waals surface area contributed by atoms with Crippen LogP contribution in [0.4, 0.5) is 0 Å². The maximum absolute atomic E-state index is 9.16. The van der Waals surface area contributed by atoms with Crippen molar-refractivity contribution in [1.82, 2.24) is 0 Å². The van der Waals surface area contributed by atoms with E-state index in [1.54, 1.807) is 21.3 Å². The second kappa shape index (κ2) is 7.47. The Morgan fingerprint density at radius 1 is 0.941 bits per heavy atom. The normalized spacial score (nSPS) is 9.94. The van der Waals surface area contributed by atoms with Crippen molar-refractivity contribution < 1.29 is 22.6 Å². The van der Waals surface area contributed by atoms with Crippen LogP contribution in [0.15, 0.2) is 18.2 Å². The van der Waals surface area contributed by atoms with E-state index < -0.39 is 8.26 Å². The molecule has 17 heavy (non-hydrogen) atoms. The second-order valence-corrected chi connectivity index (χ2v) is 6.24. The van der Waals surface area contributed by atoms with E-state index in [0.29, 0.717) is 17.2 Å². The van der Waals surface area contributed by atoms with Gasteiger partial charge in [-0.2, -0.15) is 8.42 Å². The predicted molar refractivity (Wildman–Crippen MR) is 66.7 cm³/mol. The molecule has 0 aromatic heterocycles. The van der Waals surface area contributed by atoms with Gasteiger partial charge in [0.1, 0.15) is 0 Å². The molecule has 1 aromatic rings. The molecule has 0 saturated carbocycles. The minimum Gasteiger partial charge on any atom is -0.493 e. The first kappa shape index (κ1) is 16.1. The van der Waals surface area contributed by atoms with Gasteiger partial charge in [0, 0.05) is 21.4 Å². The maximum Gasteiger partial charge on any atom is 0.317 e. The molecule has 0 spiro atoms. The molecule has 1 rings (SSSR count). The Bertz CT molecular complexity index is 416. The van der Waals surface area contributed by atoms with Crippen molar-refractivity contribution in [2.45, 2.75) is 0 Å². The molecule has 1 aromatic carbocycles. The fraction of sp³-hybridized carbons (Fsp3) is 0.333. The lowest BCUT2D eigenvalue weighted by Crippen LogP contribution is -1.93. The molecule has 0 N–H and O–H groups in total. The van der Waals surface area contributed by atoms with E-state index >= 15 is 0 Å². The molecule has 0 aliphatic heterocycles. The van der Waals surface area contributed by atoms with Crippen molar-refractivity contribution in [2.24, 2.45) is 0 Å². The van der Waals surface area contributed by atoms with Gasteiger partial charge in [0.2, 0.25) is 5.75 Å². The highest BCUT2D eigenvalue weighted by molar-refractivity contribution is 8.31. The van der Waals surface area contributed by atoms with Gasteiger partial charge in [-0.3, -0.25) is 0 Å². The molecule has 0 unspecified atom stereocenters. The van der Waals surface area contributed by atoms with E-state index in [2.05, 4.69) is 21.4 Å². The molecule has 0 aliphatic carbocycles. The van der Waals surface area contributed by atoms with E-state index in [1.807, 2.05) is 18.2 Å². The van der Waals surface area contributed by atoms with Gasteiger partial charge in [0.15, 0.2) is 11.5 Å². The zero-order chi connectivity index (χ0) is 13.5. The molecule has 0 fully saturated rings. The smallest absolute Gasteiger partial charge is 0.317 e.